The van der Waals surface area contributed by atoms with Crippen molar-refractivity contribution in [2.45, 2.75) is 50.0 Å². The predicted molar refractivity (Wildman–Crippen MR) is 106 cm³/mol. The van der Waals surface area contributed by atoms with E-state index in [-0.39, 0.29) is 5.57 Å². The van der Waals surface area contributed by atoms with Crippen LogP contribution in [0.3, 0.4) is 0 Å². The number of benzene rings is 1. The first-order valence-electron chi connectivity index (χ1n) is 9.68. The maximum absolute atomic E-state index is 14.1. The van der Waals surface area contributed by atoms with Crippen LogP contribution in [0.25, 0.3) is 0 Å². The molecule has 1 N–H and O–H groups in total. The highest BCUT2D eigenvalue weighted by atomic mass is 19.4. The summed E-state index contributed by atoms with van der Waals surface area (Å²) in [6.45, 7) is 2.94. The van der Waals surface area contributed by atoms with Crippen molar-refractivity contribution in [1.82, 2.24) is 0 Å². The number of carbonyl (C=O) groups excluding carboxylic acids is 2. The standard InChI is InChI=1S/C22H25F3O7/c1-5-9-17-16(26)12-15(19(27)29-3)18(32-17)13(2)31-20(28)21(30-4,22(23,24)25)14-10-7-6-8-11-14/h5-13,16-18,26H,1-4H3/b9-5+/t13-,16+,17-,18+,21+/m0/s1. The molecule has 1 aromatic carbocycles. The van der Waals surface area contributed by atoms with Crippen LogP contribution in [0.1, 0.15) is 19.4 Å². The highest BCUT2D eigenvalue weighted by Crippen LogP contribution is 2.43. The van der Waals surface area contributed by atoms with Gasteiger partial charge in [0.1, 0.15) is 24.4 Å². The van der Waals surface area contributed by atoms with Gasteiger partial charge in [-0.15, -0.1) is 0 Å². The third-order valence-corrected chi connectivity index (χ3v) is 4.99. The lowest BCUT2D eigenvalue weighted by molar-refractivity contribution is -0.279. The van der Waals surface area contributed by atoms with Crippen molar-refractivity contribution in [1.29, 1.82) is 0 Å². The smallest absolute Gasteiger partial charge is 0.432 e. The van der Waals surface area contributed by atoms with Gasteiger partial charge in [0, 0.05) is 12.7 Å². The van der Waals surface area contributed by atoms with Crippen LogP contribution in [0.4, 0.5) is 13.2 Å². The number of alkyl halides is 3. The Morgan fingerprint density at radius 1 is 1.19 bits per heavy atom. The molecular formula is C22H25F3O7. The summed E-state index contributed by atoms with van der Waals surface area (Å²) in [6.07, 6.45) is -5.69. The number of carbonyl (C=O) groups is 2. The van der Waals surface area contributed by atoms with Crippen LogP contribution < -0.4 is 0 Å². The van der Waals surface area contributed by atoms with E-state index in [2.05, 4.69) is 4.74 Å². The van der Waals surface area contributed by atoms with E-state index >= 15 is 0 Å². The third kappa shape index (κ3) is 4.87. The minimum atomic E-state index is -5.15. The van der Waals surface area contributed by atoms with Gasteiger partial charge in [-0.3, -0.25) is 0 Å². The molecular weight excluding hydrogens is 433 g/mol. The molecule has 0 saturated heterocycles. The van der Waals surface area contributed by atoms with Gasteiger partial charge in [-0.2, -0.15) is 13.2 Å². The zero-order valence-electron chi connectivity index (χ0n) is 18.0. The Kier molecular flexibility index (Phi) is 8.22. The van der Waals surface area contributed by atoms with Crippen LogP contribution in [-0.4, -0.2) is 61.9 Å². The van der Waals surface area contributed by atoms with E-state index in [9.17, 15) is 27.9 Å². The van der Waals surface area contributed by atoms with Crippen molar-refractivity contribution in [3.05, 3.63) is 59.7 Å². The Morgan fingerprint density at radius 2 is 1.81 bits per heavy atom. The van der Waals surface area contributed by atoms with Gasteiger partial charge in [0.15, 0.2) is 0 Å². The summed E-state index contributed by atoms with van der Waals surface area (Å²) in [5.41, 5.74) is -4.05. The number of esters is 2. The molecule has 1 aliphatic rings. The molecule has 7 nitrogen and oxygen atoms in total. The number of hydrogen-bond acceptors (Lipinski definition) is 7. The van der Waals surface area contributed by atoms with Gasteiger partial charge < -0.3 is 24.1 Å². The molecule has 0 bridgehead atoms. The van der Waals surface area contributed by atoms with Gasteiger partial charge in [-0.05, 0) is 19.9 Å². The van der Waals surface area contributed by atoms with E-state index in [1.807, 2.05) is 0 Å². The lowest BCUT2D eigenvalue weighted by atomic mass is 9.92. The van der Waals surface area contributed by atoms with Crippen molar-refractivity contribution in [2.75, 3.05) is 14.2 Å². The van der Waals surface area contributed by atoms with Crippen molar-refractivity contribution in [3.8, 4) is 0 Å². The lowest BCUT2D eigenvalue weighted by Gasteiger charge is -2.37. The molecule has 0 unspecified atom stereocenters. The van der Waals surface area contributed by atoms with Crippen LogP contribution in [0.15, 0.2) is 54.1 Å². The number of halogens is 3. The second-order valence-corrected chi connectivity index (χ2v) is 7.01. The first-order valence-corrected chi connectivity index (χ1v) is 9.68. The molecule has 0 fully saturated rings. The molecule has 0 spiro atoms. The molecule has 0 amide bonds. The molecule has 0 saturated carbocycles. The largest absolute Gasteiger partial charge is 0.466 e. The number of aliphatic hydroxyl groups is 1. The fourth-order valence-corrected chi connectivity index (χ4v) is 3.41. The molecule has 5 atom stereocenters. The van der Waals surface area contributed by atoms with Crippen LogP contribution in [0.2, 0.25) is 0 Å². The van der Waals surface area contributed by atoms with E-state index in [1.54, 1.807) is 13.0 Å². The van der Waals surface area contributed by atoms with E-state index in [1.165, 1.54) is 37.3 Å². The molecule has 1 aromatic rings. The van der Waals surface area contributed by atoms with E-state index in [0.717, 1.165) is 26.4 Å². The van der Waals surface area contributed by atoms with E-state index in [4.69, 9.17) is 14.2 Å². The summed E-state index contributed by atoms with van der Waals surface area (Å²) in [5.74, 6) is -2.61. The molecule has 0 aliphatic carbocycles. The SMILES string of the molecule is C/C=C/[C@@H]1O[C@H]([C@H](C)OC(=O)[C@](OC)(c2ccccc2)C(F)(F)F)C(C(=O)OC)=C[C@H]1O. The molecule has 0 radical (unpaired) electrons. The van der Waals surface area contributed by atoms with Crippen LogP contribution in [0.5, 0.6) is 0 Å². The molecule has 0 aromatic heterocycles. The fourth-order valence-electron chi connectivity index (χ4n) is 3.41. The summed E-state index contributed by atoms with van der Waals surface area (Å²) >= 11 is 0. The van der Waals surface area contributed by atoms with Crippen molar-refractivity contribution in [2.24, 2.45) is 0 Å². The Morgan fingerprint density at radius 3 is 2.31 bits per heavy atom. The minimum absolute atomic E-state index is 0.184. The molecule has 2 rings (SSSR count). The topological polar surface area (TPSA) is 91.3 Å². The Labute approximate surface area is 183 Å². The number of aliphatic hydroxyl groups excluding tert-OH is 1. The van der Waals surface area contributed by atoms with Crippen molar-refractivity contribution >= 4 is 11.9 Å². The normalized spacial score (nSPS) is 24.4. The Balaban J connectivity index is 2.43. The van der Waals surface area contributed by atoms with Gasteiger partial charge in [0.05, 0.1) is 12.7 Å². The highest BCUT2D eigenvalue weighted by Gasteiger charge is 2.64. The average molecular weight is 458 g/mol. The molecule has 1 aliphatic heterocycles. The molecule has 176 valence electrons. The monoisotopic (exact) mass is 458 g/mol. The zero-order chi connectivity index (χ0) is 24.1. The van der Waals surface area contributed by atoms with Gasteiger partial charge in [0.25, 0.3) is 5.60 Å². The number of methoxy groups -OCH3 is 2. The second-order valence-electron chi connectivity index (χ2n) is 7.01. The summed E-state index contributed by atoms with van der Waals surface area (Å²) in [6, 6.07) is 6.34. The second kappa shape index (κ2) is 10.3. The summed E-state index contributed by atoms with van der Waals surface area (Å²) in [7, 11) is 1.85. The zero-order valence-corrected chi connectivity index (χ0v) is 18.0. The predicted octanol–water partition coefficient (Wildman–Crippen LogP) is 2.83. The number of ether oxygens (including phenoxy) is 4. The van der Waals surface area contributed by atoms with Crippen LogP contribution in [-0.2, 0) is 34.1 Å². The maximum atomic E-state index is 14.1. The average Bonchev–Trinajstić information content (AvgIpc) is 2.75. The van der Waals surface area contributed by atoms with Gasteiger partial charge in [-0.25, -0.2) is 9.59 Å². The third-order valence-electron chi connectivity index (χ3n) is 4.99. The van der Waals surface area contributed by atoms with Crippen molar-refractivity contribution < 1.29 is 46.8 Å². The number of rotatable bonds is 7. The van der Waals surface area contributed by atoms with Gasteiger partial charge in [-0.1, -0.05) is 42.5 Å². The van der Waals surface area contributed by atoms with E-state index in [0.29, 0.717) is 0 Å². The Bertz CT molecular complexity index is 866. The van der Waals surface area contributed by atoms with Gasteiger partial charge >= 0.3 is 18.1 Å². The minimum Gasteiger partial charge on any atom is -0.466 e. The number of hydrogen-bond donors (Lipinski definition) is 1. The summed E-state index contributed by atoms with van der Waals surface area (Å²) in [5, 5.41) is 10.2. The summed E-state index contributed by atoms with van der Waals surface area (Å²) < 4.78 is 62.5. The van der Waals surface area contributed by atoms with Crippen LogP contribution in [0, 0.1) is 0 Å². The quantitative estimate of drug-likeness (QED) is 0.496. The Hall–Kier alpha value is -2.69. The number of allylic oxidation sites excluding steroid dienone is 1. The highest BCUT2D eigenvalue weighted by molar-refractivity contribution is 5.90. The van der Waals surface area contributed by atoms with Gasteiger partial charge in [0.2, 0.25) is 0 Å². The lowest BCUT2D eigenvalue weighted by Crippen LogP contribution is -2.54. The fraction of sp³-hybridized carbons (Fsp3) is 0.455. The summed E-state index contributed by atoms with van der Waals surface area (Å²) in [4.78, 5) is 25.1. The molecule has 1 heterocycles. The van der Waals surface area contributed by atoms with Crippen LogP contribution >= 0.6 is 0 Å². The first kappa shape index (κ1) is 25.6. The maximum Gasteiger partial charge on any atom is 0.432 e. The first-order chi connectivity index (χ1) is 15.0. The van der Waals surface area contributed by atoms with E-state index < -0.39 is 53.7 Å². The molecule has 10 heteroatoms. The molecule has 32 heavy (non-hydrogen) atoms. The van der Waals surface area contributed by atoms with Crippen molar-refractivity contribution in [3.63, 3.8) is 0 Å².